The topological polar surface area (TPSA) is 32.7 Å². The van der Waals surface area contributed by atoms with Crippen LogP contribution in [0.4, 0.5) is 4.39 Å². The molecule has 0 spiro atoms. The molecule has 0 saturated carbocycles. The van der Waals surface area contributed by atoms with Gasteiger partial charge in [0, 0.05) is 12.8 Å². The lowest BCUT2D eigenvalue weighted by molar-refractivity contribution is -0.132. The number of nitrogens with zero attached hydrogens (tertiary/aromatic N) is 2. The van der Waals surface area contributed by atoms with E-state index in [1.807, 2.05) is 24.4 Å². The first-order chi connectivity index (χ1) is 10.2. The van der Waals surface area contributed by atoms with Crippen molar-refractivity contribution >= 4 is 23.0 Å². The van der Waals surface area contributed by atoms with Crippen molar-refractivity contribution in [3.05, 3.63) is 58.0 Å². The van der Waals surface area contributed by atoms with Gasteiger partial charge < -0.3 is 0 Å². The Kier molecular flexibility index (Phi) is 3.84. The van der Waals surface area contributed by atoms with Crippen molar-refractivity contribution in [2.75, 3.05) is 0 Å². The van der Waals surface area contributed by atoms with Gasteiger partial charge >= 0.3 is 0 Å². The minimum Gasteiger partial charge on any atom is -0.273 e. The number of thiophene rings is 1. The first-order valence-electron chi connectivity index (χ1n) is 6.88. The van der Waals surface area contributed by atoms with Gasteiger partial charge in [0.1, 0.15) is 5.82 Å². The Morgan fingerprint density at radius 2 is 2.14 bits per heavy atom. The second-order valence-electron chi connectivity index (χ2n) is 4.89. The van der Waals surface area contributed by atoms with Crippen molar-refractivity contribution in [1.29, 1.82) is 0 Å². The lowest BCUT2D eigenvalue weighted by atomic mass is 10.0. The summed E-state index contributed by atoms with van der Waals surface area (Å²) in [5, 5.41) is 8.04. The average Bonchev–Trinajstić information content (AvgIpc) is 3.16. The number of carbonyl (C=O) groups excluding carboxylic acids is 1. The Hall–Kier alpha value is -2.01. The third-order valence-corrected chi connectivity index (χ3v) is 4.45. The second-order valence-corrected chi connectivity index (χ2v) is 5.84. The number of carbonyl (C=O) groups is 1. The van der Waals surface area contributed by atoms with E-state index in [0.29, 0.717) is 12.8 Å². The average molecular weight is 302 g/mol. The van der Waals surface area contributed by atoms with Gasteiger partial charge in [-0.1, -0.05) is 25.1 Å². The summed E-state index contributed by atoms with van der Waals surface area (Å²) in [6.07, 6.45) is 1.07. The molecule has 1 aromatic heterocycles. The number of hydrazone groups is 1. The normalized spacial score (nSPS) is 17.9. The van der Waals surface area contributed by atoms with E-state index >= 15 is 0 Å². The molecule has 2 heterocycles. The predicted octanol–water partition coefficient (Wildman–Crippen LogP) is 3.97. The molecule has 1 aliphatic rings. The first kappa shape index (κ1) is 13.9. The minimum absolute atomic E-state index is 0.0177. The fourth-order valence-corrected chi connectivity index (χ4v) is 3.16. The van der Waals surface area contributed by atoms with Gasteiger partial charge in [-0.3, -0.25) is 4.79 Å². The van der Waals surface area contributed by atoms with E-state index in [9.17, 15) is 9.18 Å². The molecule has 0 bridgehead atoms. The fraction of sp³-hybridized carbons (Fsp3) is 0.250. The third kappa shape index (κ3) is 2.74. The Labute approximate surface area is 126 Å². The van der Waals surface area contributed by atoms with Gasteiger partial charge in [-0.25, -0.2) is 9.40 Å². The van der Waals surface area contributed by atoms with E-state index in [-0.39, 0.29) is 17.8 Å². The molecule has 1 atom stereocenters. The number of halogens is 1. The van der Waals surface area contributed by atoms with Gasteiger partial charge in [0.05, 0.1) is 16.6 Å². The standard InChI is InChI=1S/C16H15FN2OS/c1-2-16(20)19-14(11-5-7-12(17)8-6-11)10-13(18-19)15-4-3-9-21-15/h3-9,14H,2,10H2,1H3/t14-/m0/s1. The number of amides is 1. The molecule has 0 fully saturated rings. The van der Waals surface area contributed by atoms with Crippen LogP contribution in [0.1, 0.15) is 36.2 Å². The molecular weight excluding hydrogens is 287 g/mol. The maximum Gasteiger partial charge on any atom is 0.242 e. The molecule has 108 valence electrons. The van der Waals surface area contributed by atoms with Crippen molar-refractivity contribution in [1.82, 2.24) is 5.01 Å². The number of benzene rings is 1. The highest BCUT2D eigenvalue weighted by atomic mass is 32.1. The quantitative estimate of drug-likeness (QED) is 0.844. The summed E-state index contributed by atoms with van der Waals surface area (Å²) in [6.45, 7) is 1.82. The Morgan fingerprint density at radius 3 is 2.76 bits per heavy atom. The summed E-state index contributed by atoms with van der Waals surface area (Å²) in [6, 6.07) is 10.1. The summed E-state index contributed by atoms with van der Waals surface area (Å²) in [5.74, 6) is -0.291. The smallest absolute Gasteiger partial charge is 0.242 e. The molecular formula is C16H15FN2OS. The number of rotatable bonds is 3. The van der Waals surface area contributed by atoms with Crippen molar-refractivity contribution in [2.45, 2.75) is 25.8 Å². The van der Waals surface area contributed by atoms with E-state index in [0.717, 1.165) is 16.2 Å². The molecule has 0 aliphatic carbocycles. The molecule has 21 heavy (non-hydrogen) atoms. The molecule has 1 amide bonds. The monoisotopic (exact) mass is 302 g/mol. The predicted molar refractivity (Wildman–Crippen MR) is 81.8 cm³/mol. The van der Waals surface area contributed by atoms with E-state index < -0.39 is 0 Å². The van der Waals surface area contributed by atoms with Crippen LogP contribution in [0.3, 0.4) is 0 Å². The summed E-state index contributed by atoms with van der Waals surface area (Å²) in [7, 11) is 0. The van der Waals surface area contributed by atoms with Crippen molar-refractivity contribution in [3.63, 3.8) is 0 Å². The second kappa shape index (κ2) is 5.77. The van der Waals surface area contributed by atoms with Gasteiger partial charge in [-0.15, -0.1) is 11.3 Å². The fourth-order valence-electron chi connectivity index (χ4n) is 2.44. The zero-order chi connectivity index (χ0) is 14.8. The van der Waals surface area contributed by atoms with E-state index in [4.69, 9.17) is 0 Å². The highest BCUT2D eigenvalue weighted by Gasteiger charge is 2.32. The Morgan fingerprint density at radius 1 is 1.38 bits per heavy atom. The maximum atomic E-state index is 13.1. The van der Waals surface area contributed by atoms with Crippen molar-refractivity contribution in [2.24, 2.45) is 5.10 Å². The molecule has 1 aliphatic heterocycles. The summed E-state index contributed by atoms with van der Waals surface area (Å²) < 4.78 is 13.1. The maximum absolute atomic E-state index is 13.1. The van der Waals surface area contributed by atoms with Crippen LogP contribution < -0.4 is 0 Å². The zero-order valence-electron chi connectivity index (χ0n) is 11.6. The molecule has 0 unspecified atom stereocenters. The van der Waals surface area contributed by atoms with Gasteiger partial charge in [0.15, 0.2) is 0 Å². The number of hydrogen-bond donors (Lipinski definition) is 0. The first-order valence-corrected chi connectivity index (χ1v) is 7.76. The Balaban J connectivity index is 1.93. The summed E-state index contributed by atoms with van der Waals surface area (Å²) in [4.78, 5) is 13.2. The summed E-state index contributed by atoms with van der Waals surface area (Å²) in [5.41, 5.74) is 1.83. The zero-order valence-corrected chi connectivity index (χ0v) is 12.4. The molecule has 1 aromatic carbocycles. The van der Waals surface area contributed by atoms with Crippen LogP contribution in [0.2, 0.25) is 0 Å². The molecule has 5 heteroatoms. The van der Waals surface area contributed by atoms with Crippen LogP contribution in [-0.2, 0) is 4.79 Å². The van der Waals surface area contributed by atoms with E-state index in [1.165, 1.54) is 12.1 Å². The largest absolute Gasteiger partial charge is 0.273 e. The molecule has 0 N–H and O–H groups in total. The van der Waals surface area contributed by atoms with Gasteiger partial charge in [-0.2, -0.15) is 5.10 Å². The lowest BCUT2D eigenvalue weighted by Gasteiger charge is -2.21. The van der Waals surface area contributed by atoms with Gasteiger partial charge in [0.25, 0.3) is 0 Å². The van der Waals surface area contributed by atoms with Crippen LogP contribution in [0.25, 0.3) is 0 Å². The molecule has 3 rings (SSSR count). The van der Waals surface area contributed by atoms with Crippen LogP contribution in [0.15, 0.2) is 46.9 Å². The van der Waals surface area contributed by atoms with E-state index in [1.54, 1.807) is 28.5 Å². The molecule has 2 aromatic rings. The SMILES string of the molecule is CCC(=O)N1N=C(c2cccs2)C[C@H]1c1ccc(F)cc1. The summed E-state index contributed by atoms with van der Waals surface area (Å²) >= 11 is 1.61. The van der Waals surface area contributed by atoms with Crippen LogP contribution >= 0.6 is 11.3 Å². The minimum atomic E-state index is -0.274. The Bertz CT molecular complexity index is 664. The molecule has 0 radical (unpaired) electrons. The van der Waals surface area contributed by atoms with Crippen LogP contribution in [0.5, 0.6) is 0 Å². The number of hydrogen-bond acceptors (Lipinski definition) is 3. The highest BCUT2D eigenvalue weighted by Crippen LogP contribution is 2.34. The van der Waals surface area contributed by atoms with Gasteiger partial charge in [-0.05, 0) is 29.1 Å². The van der Waals surface area contributed by atoms with E-state index in [2.05, 4.69) is 5.10 Å². The van der Waals surface area contributed by atoms with Crippen LogP contribution in [0, 0.1) is 5.82 Å². The molecule has 3 nitrogen and oxygen atoms in total. The van der Waals surface area contributed by atoms with Crippen molar-refractivity contribution in [3.8, 4) is 0 Å². The lowest BCUT2D eigenvalue weighted by Crippen LogP contribution is -2.26. The highest BCUT2D eigenvalue weighted by molar-refractivity contribution is 7.12. The molecule has 0 saturated heterocycles. The third-order valence-electron chi connectivity index (χ3n) is 3.53. The van der Waals surface area contributed by atoms with Gasteiger partial charge in [0.2, 0.25) is 5.91 Å². The van der Waals surface area contributed by atoms with Crippen molar-refractivity contribution < 1.29 is 9.18 Å². The van der Waals surface area contributed by atoms with Crippen LogP contribution in [-0.4, -0.2) is 16.6 Å².